The molecule has 0 bridgehead atoms. The molecule has 3 nitrogen and oxygen atoms in total. The van der Waals surface area contributed by atoms with Crippen molar-refractivity contribution in [1.82, 2.24) is 10.0 Å². The molecule has 58 valence electrons. The Balaban J connectivity index is 2.94. The van der Waals surface area contributed by atoms with Gasteiger partial charge in [-0.3, -0.25) is 0 Å². The van der Waals surface area contributed by atoms with Crippen LogP contribution >= 0.6 is 0 Å². The number of nitriles is 1. The minimum absolute atomic E-state index is 0.119. The van der Waals surface area contributed by atoms with Crippen LogP contribution in [0.2, 0.25) is 0 Å². The first kappa shape index (κ1) is 6.80. The van der Waals surface area contributed by atoms with E-state index in [0.717, 1.165) is 0 Å². The van der Waals surface area contributed by atoms with Crippen LogP contribution in [0.5, 0.6) is 0 Å². The van der Waals surface area contributed by atoms with Crippen LogP contribution in [0, 0.1) is 11.3 Å². The van der Waals surface area contributed by atoms with Gasteiger partial charge in [0.05, 0.1) is 0 Å². The van der Waals surface area contributed by atoms with Gasteiger partial charge in [0.1, 0.15) is 11.6 Å². The van der Waals surface area contributed by atoms with Crippen LogP contribution in [0.3, 0.4) is 0 Å². The fourth-order valence-electron chi connectivity index (χ4n) is 1.11. The molecule has 0 aliphatic rings. The zero-order valence-corrected chi connectivity index (χ0v) is 6.03. The molecule has 1 aromatic heterocycles. The van der Waals surface area contributed by atoms with Crippen molar-refractivity contribution in [2.24, 2.45) is 0 Å². The molecule has 0 amide bonds. The summed E-state index contributed by atoms with van der Waals surface area (Å²) in [5.74, 6) is 0. The van der Waals surface area contributed by atoms with Crippen molar-refractivity contribution in [2.45, 2.75) is 0 Å². The van der Waals surface area contributed by atoms with Gasteiger partial charge in [0.25, 0.3) is 0 Å². The zero-order valence-electron chi connectivity index (χ0n) is 6.03. The Labute approximate surface area is 67.6 Å². The summed E-state index contributed by atoms with van der Waals surface area (Å²) in [6, 6.07) is 8.49. The molecule has 2 aromatic rings. The van der Waals surface area contributed by atoms with Crippen molar-refractivity contribution < 1.29 is 4.48 Å². The molecule has 0 atom stereocenters. The highest BCUT2D eigenvalue weighted by molar-refractivity contribution is 5.83. The quantitative estimate of drug-likeness (QED) is 0.589. The lowest BCUT2D eigenvalue weighted by molar-refractivity contribution is 0.331. The summed E-state index contributed by atoms with van der Waals surface area (Å²) in [5.41, 5.74) is 0.446. The van der Waals surface area contributed by atoms with Crippen molar-refractivity contribution in [1.29, 1.82) is 5.26 Å². The largest absolute Gasteiger partial charge is 0.191 e. The van der Waals surface area contributed by atoms with Gasteiger partial charge in [-0.2, -0.15) is 5.26 Å². The number of hydrogen-bond acceptors (Lipinski definition) is 2. The molecule has 4 heteroatoms. The maximum atomic E-state index is 12.8. The summed E-state index contributed by atoms with van der Waals surface area (Å²) in [5, 5.41) is 12.5. The Hall–Kier alpha value is -1.89. The molecule has 0 fully saturated rings. The van der Waals surface area contributed by atoms with E-state index in [-0.39, 0.29) is 10.6 Å². The Morgan fingerprint density at radius 2 is 2.17 bits per heavy atom. The summed E-state index contributed by atoms with van der Waals surface area (Å²) in [6.07, 6.45) is 0. The number of benzene rings is 1. The molecule has 2 rings (SSSR count). The predicted molar refractivity (Wildman–Crippen MR) is 41.0 cm³/mol. The third-order valence-electron chi connectivity index (χ3n) is 1.65. The molecule has 0 aliphatic heterocycles. The van der Waals surface area contributed by atoms with Crippen molar-refractivity contribution in [3.05, 3.63) is 30.0 Å². The van der Waals surface area contributed by atoms with Crippen LogP contribution in [0.25, 0.3) is 10.9 Å². The van der Waals surface area contributed by atoms with Gasteiger partial charge in [-0.1, -0.05) is 21.5 Å². The number of hydrogen-bond donors (Lipinski definition) is 0. The lowest BCUT2D eigenvalue weighted by atomic mass is 10.2. The Kier molecular flexibility index (Phi) is 1.31. The molecule has 0 N–H and O–H groups in total. The number of halogens is 1. The smallest absolute Gasteiger partial charge is 0.173 e. The van der Waals surface area contributed by atoms with E-state index in [1.165, 1.54) is 0 Å². The highest BCUT2D eigenvalue weighted by Crippen LogP contribution is 2.16. The molecule has 0 unspecified atom stereocenters. The lowest BCUT2D eigenvalue weighted by Crippen LogP contribution is -1.82. The van der Waals surface area contributed by atoms with Crippen molar-refractivity contribution >= 4 is 10.9 Å². The van der Waals surface area contributed by atoms with Crippen LogP contribution < -0.4 is 0 Å². The molecule has 1 aromatic carbocycles. The highest BCUT2D eigenvalue weighted by atomic mass is 19.2. The fourth-order valence-corrected chi connectivity index (χ4v) is 1.11. The molecule has 0 spiro atoms. The van der Waals surface area contributed by atoms with Crippen LogP contribution in [-0.2, 0) is 0 Å². The van der Waals surface area contributed by atoms with Crippen molar-refractivity contribution in [2.75, 3.05) is 0 Å². The predicted octanol–water partition coefficient (Wildman–Crippen LogP) is 1.64. The van der Waals surface area contributed by atoms with Gasteiger partial charge in [-0.25, -0.2) is 0 Å². The molecule has 0 saturated heterocycles. The van der Waals surface area contributed by atoms with Gasteiger partial charge in [0.15, 0.2) is 5.69 Å². The SMILES string of the molecule is N#Cc1nn(F)c2ccccc12. The van der Waals surface area contributed by atoms with E-state index in [2.05, 4.69) is 5.10 Å². The van der Waals surface area contributed by atoms with E-state index in [4.69, 9.17) is 5.26 Å². The van der Waals surface area contributed by atoms with E-state index in [0.29, 0.717) is 10.9 Å². The van der Waals surface area contributed by atoms with Crippen LogP contribution in [0.15, 0.2) is 24.3 Å². The third kappa shape index (κ3) is 0.768. The Bertz CT molecular complexity index is 467. The van der Waals surface area contributed by atoms with E-state index in [1.54, 1.807) is 24.3 Å². The number of aromatic nitrogens is 2. The molecule has 0 radical (unpaired) electrons. The average molecular weight is 161 g/mol. The first-order chi connectivity index (χ1) is 5.83. The lowest BCUT2D eigenvalue weighted by Gasteiger charge is -1.85. The minimum atomic E-state index is 0.119. The van der Waals surface area contributed by atoms with E-state index in [1.807, 2.05) is 6.07 Å². The number of para-hydroxylation sites is 1. The average Bonchev–Trinajstić information content (AvgIpc) is 2.44. The molecule has 0 aliphatic carbocycles. The normalized spacial score (nSPS) is 10.0. The van der Waals surface area contributed by atoms with Crippen LogP contribution in [-0.4, -0.2) is 10.0 Å². The maximum absolute atomic E-state index is 12.8. The first-order valence-corrected chi connectivity index (χ1v) is 3.37. The second kappa shape index (κ2) is 2.31. The standard InChI is InChI=1S/C8H4FN3/c9-12-8-4-2-1-3-6(8)7(5-10)11-12/h1-4H. The fraction of sp³-hybridized carbons (Fsp3) is 0. The second-order valence-corrected chi connectivity index (χ2v) is 2.34. The van der Waals surface area contributed by atoms with Crippen LogP contribution in [0.1, 0.15) is 5.69 Å². The first-order valence-electron chi connectivity index (χ1n) is 3.37. The van der Waals surface area contributed by atoms with Gasteiger partial charge in [-0.05, 0) is 12.1 Å². The molecule has 1 heterocycles. The van der Waals surface area contributed by atoms with Crippen LogP contribution in [0.4, 0.5) is 4.48 Å². The number of nitrogens with zero attached hydrogens (tertiary/aromatic N) is 3. The number of fused-ring (bicyclic) bond motifs is 1. The maximum Gasteiger partial charge on any atom is 0.173 e. The summed E-state index contributed by atoms with van der Waals surface area (Å²) < 4.78 is 12.8. The second-order valence-electron chi connectivity index (χ2n) is 2.34. The third-order valence-corrected chi connectivity index (χ3v) is 1.65. The molecule has 0 saturated carbocycles. The monoisotopic (exact) mass is 161 g/mol. The van der Waals surface area contributed by atoms with E-state index >= 15 is 0 Å². The minimum Gasteiger partial charge on any atom is -0.191 e. The topological polar surface area (TPSA) is 41.6 Å². The van der Waals surface area contributed by atoms with Gasteiger partial charge in [-0.15, -0.1) is 5.10 Å². The summed E-state index contributed by atoms with van der Waals surface area (Å²) >= 11 is 0. The van der Waals surface area contributed by atoms with Crippen molar-refractivity contribution in [3.63, 3.8) is 0 Å². The number of rotatable bonds is 0. The van der Waals surface area contributed by atoms with Gasteiger partial charge in [0, 0.05) is 5.39 Å². The Morgan fingerprint density at radius 3 is 2.92 bits per heavy atom. The van der Waals surface area contributed by atoms with Gasteiger partial charge < -0.3 is 0 Å². The molecular weight excluding hydrogens is 157 g/mol. The Morgan fingerprint density at radius 1 is 1.42 bits per heavy atom. The summed E-state index contributed by atoms with van der Waals surface area (Å²) in [4.78, 5) is 0.216. The molecular formula is C8H4FN3. The van der Waals surface area contributed by atoms with Gasteiger partial charge in [0.2, 0.25) is 0 Å². The molecule has 12 heavy (non-hydrogen) atoms. The summed E-state index contributed by atoms with van der Waals surface area (Å²) in [7, 11) is 0. The zero-order chi connectivity index (χ0) is 8.55. The summed E-state index contributed by atoms with van der Waals surface area (Å²) in [6.45, 7) is 0. The van der Waals surface area contributed by atoms with E-state index in [9.17, 15) is 4.48 Å². The van der Waals surface area contributed by atoms with Crippen molar-refractivity contribution in [3.8, 4) is 6.07 Å². The van der Waals surface area contributed by atoms with Gasteiger partial charge >= 0.3 is 0 Å². The van der Waals surface area contributed by atoms with E-state index < -0.39 is 0 Å². The highest BCUT2D eigenvalue weighted by Gasteiger charge is 2.07.